The van der Waals surface area contributed by atoms with E-state index in [9.17, 15) is 9.59 Å². The van der Waals surface area contributed by atoms with Crippen LogP contribution in [-0.4, -0.2) is 17.0 Å². The molecular formula is C15H13BrN2O3. The summed E-state index contributed by atoms with van der Waals surface area (Å²) in [5.41, 5.74) is 7.86. The van der Waals surface area contributed by atoms with Crippen molar-refractivity contribution in [2.45, 2.75) is 6.42 Å². The smallest absolute Gasteiger partial charge is 0.307 e. The van der Waals surface area contributed by atoms with E-state index >= 15 is 0 Å². The summed E-state index contributed by atoms with van der Waals surface area (Å²) in [5.74, 6) is -1.18. The molecule has 0 aliphatic heterocycles. The van der Waals surface area contributed by atoms with Crippen LogP contribution in [0.25, 0.3) is 0 Å². The van der Waals surface area contributed by atoms with Crippen LogP contribution in [0.3, 0.4) is 0 Å². The summed E-state index contributed by atoms with van der Waals surface area (Å²) in [6, 6.07) is 11.6. The van der Waals surface area contributed by atoms with E-state index in [4.69, 9.17) is 10.8 Å². The number of carboxylic acid groups (broad SMARTS) is 1. The molecule has 108 valence electrons. The number of rotatable bonds is 4. The Morgan fingerprint density at radius 1 is 1.14 bits per heavy atom. The first-order chi connectivity index (χ1) is 9.95. The molecule has 0 aliphatic carbocycles. The minimum Gasteiger partial charge on any atom is -0.481 e. The molecule has 6 heteroatoms. The van der Waals surface area contributed by atoms with Crippen molar-refractivity contribution < 1.29 is 14.7 Å². The predicted molar refractivity (Wildman–Crippen MR) is 84.3 cm³/mol. The monoisotopic (exact) mass is 348 g/mol. The maximum absolute atomic E-state index is 12.2. The molecule has 2 rings (SSSR count). The first-order valence-electron chi connectivity index (χ1n) is 6.13. The number of nitrogen functional groups attached to an aromatic ring is 1. The fourth-order valence-corrected chi connectivity index (χ4v) is 2.22. The summed E-state index contributed by atoms with van der Waals surface area (Å²) in [4.78, 5) is 22.8. The lowest BCUT2D eigenvalue weighted by atomic mass is 10.1. The van der Waals surface area contributed by atoms with Crippen molar-refractivity contribution in [2.75, 3.05) is 11.1 Å². The first kappa shape index (κ1) is 15.1. The van der Waals surface area contributed by atoms with Crippen LogP contribution in [0.2, 0.25) is 0 Å². The van der Waals surface area contributed by atoms with Crippen molar-refractivity contribution in [2.24, 2.45) is 0 Å². The molecule has 5 nitrogen and oxygen atoms in total. The molecule has 0 radical (unpaired) electrons. The zero-order chi connectivity index (χ0) is 15.4. The van der Waals surface area contributed by atoms with E-state index in [0.717, 1.165) is 0 Å². The molecule has 0 unspecified atom stereocenters. The van der Waals surface area contributed by atoms with Gasteiger partial charge in [0.2, 0.25) is 0 Å². The van der Waals surface area contributed by atoms with Crippen molar-refractivity contribution in [3.8, 4) is 0 Å². The van der Waals surface area contributed by atoms with E-state index in [-0.39, 0.29) is 12.3 Å². The highest BCUT2D eigenvalue weighted by atomic mass is 79.9. The lowest BCUT2D eigenvalue weighted by Crippen LogP contribution is -2.13. The van der Waals surface area contributed by atoms with Crippen LogP contribution in [0.1, 0.15) is 15.9 Å². The van der Waals surface area contributed by atoms with Crippen LogP contribution in [0.15, 0.2) is 46.9 Å². The summed E-state index contributed by atoms with van der Waals surface area (Å²) in [7, 11) is 0. The Labute approximate surface area is 129 Å². The molecule has 21 heavy (non-hydrogen) atoms. The minimum atomic E-state index is -0.893. The molecular weight excluding hydrogens is 336 g/mol. The number of aliphatic carboxylic acids is 1. The molecule has 0 spiro atoms. The summed E-state index contributed by atoms with van der Waals surface area (Å²) < 4.78 is 0.650. The molecule has 0 saturated heterocycles. The highest BCUT2D eigenvalue weighted by Gasteiger charge is 2.11. The Kier molecular flexibility index (Phi) is 4.59. The Morgan fingerprint density at radius 2 is 1.81 bits per heavy atom. The Hall–Kier alpha value is -2.34. The summed E-state index contributed by atoms with van der Waals surface area (Å²) in [6.45, 7) is 0. The van der Waals surface area contributed by atoms with Gasteiger partial charge < -0.3 is 16.2 Å². The quantitative estimate of drug-likeness (QED) is 0.740. The molecule has 0 fully saturated rings. The first-order valence-corrected chi connectivity index (χ1v) is 6.92. The zero-order valence-corrected chi connectivity index (χ0v) is 12.6. The summed E-state index contributed by atoms with van der Waals surface area (Å²) >= 11 is 3.30. The molecule has 0 saturated carbocycles. The van der Waals surface area contributed by atoms with Crippen molar-refractivity contribution in [3.63, 3.8) is 0 Å². The molecule has 0 aliphatic rings. The molecule has 0 aromatic heterocycles. The van der Waals surface area contributed by atoms with Gasteiger partial charge >= 0.3 is 5.97 Å². The SMILES string of the molecule is Nc1ccc(Br)c(C(=O)Nc2ccc(CC(=O)O)cc2)c1. The number of carbonyl (C=O) groups is 2. The number of halogens is 1. The number of hydrogen-bond acceptors (Lipinski definition) is 3. The number of nitrogens with one attached hydrogen (secondary N) is 1. The van der Waals surface area contributed by atoms with Gasteiger partial charge in [-0.2, -0.15) is 0 Å². The van der Waals surface area contributed by atoms with Gasteiger partial charge in [-0.15, -0.1) is 0 Å². The van der Waals surface area contributed by atoms with Crippen molar-refractivity contribution >= 4 is 39.2 Å². The number of anilines is 2. The van der Waals surface area contributed by atoms with E-state index in [1.165, 1.54) is 0 Å². The van der Waals surface area contributed by atoms with Crippen molar-refractivity contribution in [1.29, 1.82) is 0 Å². The van der Waals surface area contributed by atoms with Crippen molar-refractivity contribution in [1.82, 2.24) is 0 Å². The number of carboxylic acids is 1. The number of hydrogen-bond donors (Lipinski definition) is 3. The van der Waals surface area contributed by atoms with Crippen LogP contribution in [0, 0.1) is 0 Å². The van der Waals surface area contributed by atoms with Gasteiger partial charge in [-0.1, -0.05) is 12.1 Å². The van der Waals surface area contributed by atoms with Gasteiger partial charge in [-0.25, -0.2) is 0 Å². The van der Waals surface area contributed by atoms with E-state index in [0.29, 0.717) is 27.0 Å². The van der Waals surface area contributed by atoms with E-state index in [2.05, 4.69) is 21.2 Å². The molecule has 4 N–H and O–H groups in total. The van der Waals surface area contributed by atoms with Crippen molar-refractivity contribution in [3.05, 3.63) is 58.1 Å². The van der Waals surface area contributed by atoms with E-state index in [1.807, 2.05) is 0 Å². The molecule has 2 aromatic carbocycles. The fraction of sp³-hybridized carbons (Fsp3) is 0.0667. The third kappa shape index (κ3) is 4.06. The second-order valence-corrected chi connectivity index (χ2v) is 5.32. The van der Waals surface area contributed by atoms with Gasteiger partial charge in [0.1, 0.15) is 0 Å². The number of nitrogens with two attached hydrogens (primary N) is 1. The molecule has 0 atom stereocenters. The van der Waals surface area contributed by atoms with Crippen LogP contribution < -0.4 is 11.1 Å². The number of carbonyl (C=O) groups excluding carboxylic acids is 1. The molecule has 1 amide bonds. The second-order valence-electron chi connectivity index (χ2n) is 4.46. The molecule has 2 aromatic rings. The number of amides is 1. The third-order valence-corrected chi connectivity index (χ3v) is 3.49. The van der Waals surface area contributed by atoms with Crippen LogP contribution in [0.5, 0.6) is 0 Å². The summed E-state index contributed by atoms with van der Waals surface area (Å²) in [5, 5.41) is 11.4. The largest absolute Gasteiger partial charge is 0.481 e. The van der Waals surface area contributed by atoms with Gasteiger partial charge in [0.15, 0.2) is 0 Å². The predicted octanol–water partition coefficient (Wildman–Crippen LogP) is 2.91. The van der Waals surface area contributed by atoms with E-state index in [1.54, 1.807) is 42.5 Å². The Balaban J connectivity index is 2.12. The Bertz CT molecular complexity index is 684. The van der Waals surface area contributed by atoms with Gasteiger partial charge in [0.25, 0.3) is 5.91 Å². The molecule has 0 bridgehead atoms. The Morgan fingerprint density at radius 3 is 2.43 bits per heavy atom. The second kappa shape index (κ2) is 6.41. The maximum atomic E-state index is 12.2. The van der Waals surface area contributed by atoms with E-state index < -0.39 is 5.97 Å². The topological polar surface area (TPSA) is 92.4 Å². The van der Waals surface area contributed by atoms with Gasteiger partial charge in [0.05, 0.1) is 12.0 Å². The zero-order valence-electron chi connectivity index (χ0n) is 11.0. The van der Waals surface area contributed by atoms with Crippen LogP contribution >= 0.6 is 15.9 Å². The standard InChI is InChI=1S/C15H13BrN2O3/c16-13-6-3-10(17)8-12(13)15(21)18-11-4-1-9(2-5-11)7-14(19)20/h1-6,8H,7,17H2,(H,18,21)(H,19,20). The lowest BCUT2D eigenvalue weighted by Gasteiger charge is -2.08. The van der Waals surface area contributed by atoms with Gasteiger partial charge in [-0.3, -0.25) is 9.59 Å². The van der Waals surface area contributed by atoms with Crippen LogP contribution in [0.4, 0.5) is 11.4 Å². The normalized spacial score (nSPS) is 10.1. The maximum Gasteiger partial charge on any atom is 0.307 e. The van der Waals surface area contributed by atoms with Crippen LogP contribution in [-0.2, 0) is 11.2 Å². The highest BCUT2D eigenvalue weighted by Crippen LogP contribution is 2.21. The highest BCUT2D eigenvalue weighted by molar-refractivity contribution is 9.10. The minimum absolute atomic E-state index is 0.0466. The fourth-order valence-electron chi connectivity index (χ4n) is 1.80. The third-order valence-electron chi connectivity index (χ3n) is 2.80. The average Bonchev–Trinajstić information content (AvgIpc) is 2.43. The van der Waals surface area contributed by atoms with Gasteiger partial charge in [0, 0.05) is 15.8 Å². The summed E-state index contributed by atoms with van der Waals surface area (Å²) in [6.07, 6.45) is -0.0466. The number of benzene rings is 2. The average molecular weight is 349 g/mol. The van der Waals surface area contributed by atoms with Gasteiger partial charge in [-0.05, 0) is 51.8 Å². The molecule has 0 heterocycles. The lowest BCUT2D eigenvalue weighted by molar-refractivity contribution is -0.136.